The van der Waals surface area contributed by atoms with Crippen LogP contribution in [0.2, 0.25) is 0 Å². The van der Waals surface area contributed by atoms with Gasteiger partial charge in [-0.3, -0.25) is 4.79 Å². The summed E-state index contributed by atoms with van der Waals surface area (Å²) in [6.45, 7) is 1.75. The third-order valence-electron chi connectivity index (χ3n) is 2.72. The fourth-order valence-corrected chi connectivity index (χ4v) is 1.63. The van der Waals surface area contributed by atoms with Crippen molar-refractivity contribution >= 4 is 12.1 Å². The summed E-state index contributed by atoms with van der Waals surface area (Å²) in [5.74, 6) is -1.09. The lowest BCUT2D eigenvalue weighted by Crippen LogP contribution is -2.16. The first-order chi connectivity index (χ1) is 11.0. The lowest BCUT2D eigenvalue weighted by Gasteiger charge is -2.09. The number of benzene rings is 1. The van der Waals surface area contributed by atoms with E-state index in [1.54, 1.807) is 6.92 Å². The van der Waals surface area contributed by atoms with Gasteiger partial charge in [0.05, 0.1) is 13.4 Å². The van der Waals surface area contributed by atoms with Gasteiger partial charge in [-0.05, 0) is 12.5 Å². The molecular formula is C16H14O7. The van der Waals surface area contributed by atoms with Crippen molar-refractivity contribution in [3.63, 3.8) is 0 Å². The van der Waals surface area contributed by atoms with Crippen LogP contribution in [0, 0.1) is 6.92 Å². The van der Waals surface area contributed by atoms with E-state index >= 15 is 0 Å². The van der Waals surface area contributed by atoms with E-state index in [4.69, 9.17) is 18.7 Å². The molecule has 23 heavy (non-hydrogen) atoms. The Hall–Kier alpha value is -3.18. The maximum atomic E-state index is 12.0. The quantitative estimate of drug-likeness (QED) is 0.791. The molecule has 2 aromatic rings. The predicted octanol–water partition coefficient (Wildman–Crippen LogP) is 1.73. The van der Waals surface area contributed by atoms with Gasteiger partial charge in [-0.1, -0.05) is 30.3 Å². The highest BCUT2D eigenvalue weighted by molar-refractivity contribution is 5.89. The van der Waals surface area contributed by atoms with Crippen molar-refractivity contribution in [1.29, 1.82) is 0 Å². The third kappa shape index (κ3) is 4.94. The average molecular weight is 318 g/mol. The number of esters is 1. The highest BCUT2D eigenvalue weighted by Gasteiger charge is 2.21. The van der Waals surface area contributed by atoms with Crippen LogP contribution in [-0.4, -0.2) is 19.2 Å². The van der Waals surface area contributed by atoms with Crippen molar-refractivity contribution < 1.29 is 28.3 Å². The van der Waals surface area contributed by atoms with Crippen molar-refractivity contribution in [2.75, 3.05) is 7.11 Å². The highest BCUT2D eigenvalue weighted by atomic mass is 16.5. The van der Waals surface area contributed by atoms with Crippen LogP contribution >= 0.6 is 0 Å². The fourth-order valence-electron chi connectivity index (χ4n) is 1.63. The molecular weight excluding hydrogens is 304 g/mol. The molecule has 1 heterocycles. The monoisotopic (exact) mass is 318 g/mol. The van der Waals surface area contributed by atoms with Gasteiger partial charge in [0.2, 0.25) is 11.2 Å². The normalized spacial score (nSPS) is 9.13. The number of aryl methyl sites for hydroxylation is 1. The molecule has 0 aliphatic heterocycles. The van der Waals surface area contributed by atoms with Gasteiger partial charge in [0.15, 0.2) is 0 Å². The Kier molecular flexibility index (Phi) is 6.97. The number of carbonyl (C=O) groups is 1. The van der Waals surface area contributed by atoms with Crippen LogP contribution in [0.15, 0.2) is 45.8 Å². The molecule has 0 aliphatic rings. The van der Waals surface area contributed by atoms with E-state index in [-0.39, 0.29) is 29.7 Å². The van der Waals surface area contributed by atoms with Crippen molar-refractivity contribution in [3.05, 3.63) is 63.7 Å². The molecule has 0 spiro atoms. The molecule has 0 atom stereocenters. The maximum absolute atomic E-state index is 12.0. The first-order valence-corrected chi connectivity index (χ1v) is 6.41. The zero-order chi connectivity index (χ0) is 17.2. The molecule has 0 amide bonds. The third-order valence-corrected chi connectivity index (χ3v) is 2.72. The molecule has 1 aromatic heterocycles. The molecule has 120 valence electrons. The Bertz CT molecular complexity index is 741. The molecule has 7 heteroatoms. The standard InChI is InChI=1S/C15H14O5.CO2/c1-10-8-19-14(15(17)18-2)13(12(10)16)20-9-11-6-4-3-5-7-11;2-1-3/h3-8H,9H2,1-2H3;. The van der Waals surface area contributed by atoms with E-state index in [1.807, 2.05) is 30.3 Å². The Morgan fingerprint density at radius 3 is 2.39 bits per heavy atom. The van der Waals surface area contributed by atoms with E-state index in [9.17, 15) is 9.59 Å². The average Bonchev–Trinajstić information content (AvgIpc) is 2.57. The maximum Gasteiger partial charge on any atom is 0.378 e. The zero-order valence-corrected chi connectivity index (χ0v) is 12.5. The van der Waals surface area contributed by atoms with Crippen molar-refractivity contribution in [2.24, 2.45) is 0 Å². The predicted molar refractivity (Wildman–Crippen MR) is 76.8 cm³/mol. The zero-order valence-electron chi connectivity index (χ0n) is 12.5. The lowest BCUT2D eigenvalue weighted by atomic mass is 10.2. The summed E-state index contributed by atoms with van der Waals surface area (Å²) in [7, 11) is 1.21. The smallest absolute Gasteiger partial charge is 0.378 e. The van der Waals surface area contributed by atoms with Crippen molar-refractivity contribution in [2.45, 2.75) is 13.5 Å². The number of carbonyl (C=O) groups excluding carboxylic acids is 3. The van der Waals surface area contributed by atoms with Gasteiger partial charge >= 0.3 is 12.1 Å². The van der Waals surface area contributed by atoms with Crippen LogP contribution < -0.4 is 10.2 Å². The minimum absolute atomic E-state index is 0.124. The second-order valence-electron chi connectivity index (χ2n) is 4.26. The minimum atomic E-state index is -0.745. The van der Waals surface area contributed by atoms with Gasteiger partial charge in [0, 0.05) is 5.56 Å². The Morgan fingerprint density at radius 1 is 1.22 bits per heavy atom. The van der Waals surface area contributed by atoms with Crippen LogP contribution in [0.25, 0.3) is 0 Å². The van der Waals surface area contributed by atoms with Gasteiger partial charge < -0.3 is 13.9 Å². The summed E-state index contributed by atoms with van der Waals surface area (Å²) in [5, 5.41) is 0. The van der Waals surface area contributed by atoms with Crippen molar-refractivity contribution in [3.8, 4) is 5.75 Å². The first-order valence-electron chi connectivity index (χ1n) is 6.41. The van der Waals surface area contributed by atoms with Gasteiger partial charge in [0.1, 0.15) is 6.61 Å². The van der Waals surface area contributed by atoms with Gasteiger partial charge in [-0.25, -0.2) is 4.79 Å². The molecule has 1 aromatic carbocycles. The molecule has 0 saturated heterocycles. The number of ether oxygens (including phenoxy) is 2. The number of methoxy groups -OCH3 is 1. The Labute approximate surface area is 131 Å². The molecule has 0 unspecified atom stereocenters. The molecule has 2 rings (SSSR count). The summed E-state index contributed by atoms with van der Waals surface area (Å²) in [6.07, 6.45) is 1.46. The van der Waals surface area contributed by atoms with Crippen molar-refractivity contribution in [1.82, 2.24) is 0 Å². The molecule has 0 saturated carbocycles. The first kappa shape index (κ1) is 17.9. The summed E-state index contributed by atoms with van der Waals surface area (Å²) in [4.78, 5) is 39.9. The number of hydrogen-bond donors (Lipinski definition) is 0. The molecule has 0 bridgehead atoms. The van der Waals surface area contributed by atoms with Crippen LogP contribution in [0.5, 0.6) is 5.75 Å². The van der Waals surface area contributed by atoms with Gasteiger partial charge in [0.25, 0.3) is 5.76 Å². The Morgan fingerprint density at radius 2 is 1.83 bits per heavy atom. The van der Waals surface area contributed by atoms with E-state index in [0.29, 0.717) is 5.56 Å². The largest absolute Gasteiger partial charge is 0.481 e. The SMILES string of the molecule is COC(=O)c1occ(C)c(=O)c1OCc1ccccc1.O=C=O. The summed E-state index contributed by atoms with van der Waals surface area (Å²) < 4.78 is 15.1. The molecule has 0 aliphatic carbocycles. The van der Waals surface area contributed by atoms with E-state index in [0.717, 1.165) is 5.56 Å². The van der Waals surface area contributed by atoms with E-state index in [1.165, 1.54) is 13.4 Å². The summed E-state index contributed by atoms with van der Waals surface area (Å²) in [6, 6.07) is 9.31. The number of hydrogen-bond acceptors (Lipinski definition) is 7. The van der Waals surface area contributed by atoms with Gasteiger partial charge in [-0.2, -0.15) is 9.59 Å². The Balaban J connectivity index is 0.000000816. The molecule has 0 radical (unpaired) electrons. The second-order valence-corrected chi connectivity index (χ2v) is 4.26. The molecule has 0 N–H and O–H groups in total. The topological polar surface area (TPSA) is 99.9 Å². The van der Waals surface area contributed by atoms with Crippen LogP contribution in [0.3, 0.4) is 0 Å². The highest BCUT2D eigenvalue weighted by Crippen LogP contribution is 2.17. The molecule has 0 fully saturated rings. The molecule has 7 nitrogen and oxygen atoms in total. The van der Waals surface area contributed by atoms with Crippen LogP contribution in [0.4, 0.5) is 0 Å². The summed E-state index contributed by atoms with van der Waals surface area (Å²) >= 11 is 0. The fraction of sp³-hybridized carbons (Fsp3) is 0.188. The number of rotatable bonds is 4. The van der Waals surface area contributed by atoms with Crippen LogP contribution in [-0.2, 0) is 20.9 Å². The van der Waals surface area contributed by atoms with E-state index < -0.39 is 5.97 Å². The van der Waals surface area contributed by atoms with Crippen LogP contribution in [0.1, 0.15) is 21.7 Å². The van der Waals surface area contributed by atoms with E-state index in [2.05, 4.69) is 4.74 Å². The second kappa shape index (κ2) is 8.96. The minimum Gasteiger partial charge on any atom is -0.481 e. The summed E-state index contributed by atoms with van der Waals surface area (Å²) in [5.41, 5.74) is 0.859. The van der Waals surface area contributed by atoms with Gasteiger partial charge in [-0.15, -0.1) is 0 Å². The lowest BCUT2D eigenvalue weighted by molar-refractivity contribution is -0.191.